The van der Waals surface area contributed by atoms with Crippen molar-refractivity contribution in [3.63, 3.8) is 0 Å². The SMILES string of the molecule is CC(C)(C)NC(=O)NC(=O)COc1ccccc1I. The molecular weight excluding hydrogens is 359 g/mol. The molecule has 0 atom stereocenters. The van der Waals surface area contributed by atoms with Crippen LogP contribution in [-0.4, -0.2) is 24.1 Å². The molecule has 1 aromatic carbocycles. The molecule has 104 valence electrons. The molecular formula is C13H17IN2O3. The summed E-state index contributed by atoms with van der Waals surface area (Å²) >= 11 is 2.11. The van der Waals surface area contributed by atoms with Gasteiger partial charge in [-0.05, 0) is 55.5 Å². The standard InChI is InChI=1S/C13H17IN2O3/c1-13(2,3)16-12(18)15-11(17)8-19-10-7-5-4-6-9(10)14/h4-7H,8H2,1-3H3,(H2,15,16,17,18). The first-order valence-corrected chi connectivity index (χ1v) is 6.85. The van der Waals surface area contributed by atoms with Crippen LogP contribution in [-0.2, 0) is 4.79 Å². The highest BCUT2D eigenvalue weighted by atomic mass is 127. The van der Waals surface area contributed by atoms with E-state index in [9.17, 15) is 9.59 Å². The number of urea groups is 1. The highest BCUT2D eigenvalue weighted by Gasteiger charge is 2.15. The van der Waals surface area contributed by atoms with Crippen LogP contribution in [0.25, 0.3) is 0 Å². The van der Waals surface area contributed by atoms with Crippen molar-refractivity contribution in [1.29, 1.82) is 0 Å². The second kappa shape index (κ2) is 6.74. The first kappa shape index (κ1) is 15.7. The van der Waals surface area contributed by atoms with Gasteiger partial charge in [-0.2, -0.15) is 0 Å². The van der Waals surface area contributed by atoms with E-state index in [1.807, 2.05) is 39.0 Å². The predicted molar refractivity (Wildman–Crippen MR) is 81.1 cm³/mol. The Hall–Kier alpha value is -1.31. The minimum absolute atomic E-state index is 0.197. The lowest BCUT2D eigenvalue weighted by atomic mass is 10.1. The highest BCUT2D eigenvalue weighted by molar-refractivity contribution is 14.1. The third kappa shape index (κ3) is 6.42. The van der Waals surface area contributed by atoms with Crippen LogP contribution in [0.15, 0.2) is 24.3 Å². The summed E-state index contributed by atoms with van der Waals surface area (Å²) in [6.07, 6.45) is 0. The minimum Gasteiger partial charge on any atom is -0.483 e. The maximum Gasteiger partial charge on any atom is 0.321 e. The fraction of sp³-hybridized carbons (Fsp3) is 0.385. The van der Waals surface area contributed by atoms with Gasteiger partial charge in [-0.25, -0.2) is 4.79 Å². The summed E-state index contributed by atoms with van der Waals surface area (Å²) in [5.74, 6) is 0.135. The number of ether oxygens (including phenoxy) is 1. The number of imide groups is 1. The molecule has 2 N–H and O–H groups in total. The number of carbonyl (C=O) groups is 2. The van der Waals surface area contributed by atoms with Crippen molar-refractivity contribution in [2.24, 2.45) is 0 Å². The predicted octanol–water partition coefficient (Wildman–Crippen LogP) is 2.29. The van der Waals surface area contributed by atoms with E-state index < -0.39 is 11.9 Å². The lowest BCUT2D eigenvalue weighted by Gasteiger charge is -2.20. The Morgan fingerprint density at radius 3 is 2.47 bits per heavy atom. The van der Waals surface area contributed by atoms with Crippen molar-refractivity contribution < 1.29 is 14.3 Å². The second-order valence-corrected chi connectivity index (χ2v) is 6.13. The molecule has 0 spiro atoms. The number of hydrogen-bond donors (Lipinski definition) is 2. The van der Waals surface area contributed by atoms with Gasteiger partial charge in [0.25, 0.3) is 5.91 Å². The van der Waals surface area contributed by atoms with Gasteiger partial charge < -0.3 is 10.1 Å². The number of rotatable bonds is 3. The van der Waals surface area contributed by atoms with Crippen LogP contribution in [0, 0.1) is 3.57 Å². The van der Waals surface area contributed by atoms with E-state index in [-0.39, 0.29) is 12.1 Å². The van der Waals surface area contributed by atoms with Gasteiger partial charge in [-0.3, -0.25) is 10.1 Å². The van der Waals surface area contributed by atoms with E-state index >= 15 is 0 Å². The number of halogens is 1. The molecule has 3 amide bonds. The van der Waals surface area contributed by atoms with Crippen molar-refractivity contribution in [2.75, 3.05) is 6.61 Å². The second-order valence-electron chi connectivity index (χ2n) is 4.97. The van der Waals surface area contributed by atoms with Crippen molar-refractivity contribution in [1.82, 2.24) is 10.6 Å². The number of nitrogens with one attached hydrogen (secondary N) is 2. The van der Waals surface area contributed by atoms with Crippen molar-refractivity contribution in [3.8, 4) is 5.75 Å². The summed E-state index contributed by atoms with van der Waals surface area (Å²) in [7, 11) is 0. The largest absolute Gasteiger partial charge is 0.483 e. The zero-order chi connectivity index (χ0) is 14.5. The molecule has 0 bridgehead atoms. The molecule has 0 aliphatic heterocycles. The molecule has 6 heteroatoms. The third-order valence-corrected chi connectivity index (χ3v) is 2.83. The Balaban J connectivity index is 2.40. The molecule has 0 unspecified atom stereocenters. The number of para-hydroxylation sites is 1. The van der Waals surface area contributed by atoms with Gasteiger partial charge in [0.05, 0.1) is 3.57 Å². The zero-order valence-electron chi connectivity index (χ0n) is 11.1. The van der Waals surface area contributed by atoms with Crippen LogP contribution < -0.4 is 15.4 Å². The lowest BCUT2D eigenvalue weighted by molar-refractivity contribution is -0.122. The molecule has 1 aromatic rings. The average molecular weight is 376 g/mol. The Kier molecular flexibility index (Phi) is 5.59. The average Bonchev–Trinajstić information content (AvgIpc) is 2.25. The van der Waals surface area contributed by atoms with Crippen molar-refractivity contribution >= 4 is 34.5 Å². The summed E-state index contributed by atoms with van der Waals surface area (Å²) in [5.41, 5.74) is -0.389. The van der Waals surface area contributed by atoms with Gasteiger partial charge in [-0.15, -0.1) is 0 Å². The van der Waals surface area contributed by atoms with Crippen molar-refractivity contribution in [3.05, 3.63) is 27.8 Å². The summed E-state index contributed by atoms with van der Waals surface area (Å²) in [4.78, 5) is 23.0. The lowest BCUT2D eigenvalue weighted by Crippen LogP contribution is -2.49. The van der Waals surface area contributed by atoms with E-state index in [1.165, 1.54) is 0 Å². The Labute approximate surface area is 126 Å². The topological polar surface area (TPSA) is 67.4 Å². The number of amides is 3. The molecule has 0 saturated heterocycles. The molecule has 0 aliphatic rings. The Morgan fingerprint density at radius 2 is 1.89 bits per heavy atom. The van der Waals surface area contributed by atoms with E-state index in [1.54, 1.807) is 6.07 Å². The van der Waals surface area contributed by atoms with E-state index in [2.05, 4.69) is 33.2 Å². The summed E-state index contributed by atoms with van der Waals surface area (Å²) in [6.45, 7) is 5.30. The molecule has 1 rings (SSSR count). The quantitative estimate of drug-likeness (QED) is 0.796. The molecule has 0 aliphatic carbocycles. The highest BCUT2D eigenvalue weighted by Crippen LogP contribution is 2.19. The number of hydrogen-bond acceptors (Lipinski definition) is 3. The maximum atomic E-state index is 11.5. The number of carbonyl (C=O) groups excluding carboxylic acids is 2. The van der Waals surface area contributed by atoms with Crippen molar-refractivity contribution in [2.45, 2.75) is 26.3 Å². The van der Waals surface area contributed by atoms with Crippen LogP contribution in [0.3, 0.4) is 0 Å². The Morgan fingerprint density at radius 1 is 1.26 bits per heavy atom. The normalized spacial score (nSPS) is 10.7. The smallest absolute Gasteiger partial charge is 0.321 e. The summed E-state index contributed by atoms with van der Waals surface area (Å²) in [6, 6.07) is 6.82. The van der Waals surface area contributed by atoms with Crippen LogP contribution in [0.4, 0.5) is 4.79 Å². The zero-order valence-corrected chi connectivity index (χ0v) is 13.3. The molecule has 0 heterocycles. The van der Waals surface area contributed by atoms with Crippen LogP contribution in [0.2, 0.25) is 0 Å². The van der Waals surface area contributed by atoms with Gasteiger partial charge in [-0.1, -0.05) is 12.1 Å². The molecule has 5 nitrogen and oxygen atoms in total. The number of benzene rings is 1. The molecule has 0 saturated carbocycles. The van der Waals surface area contributed by atoms with Gasteiger partial charge >= 0.3 is 6.03 Å². The first-order valence-electron chi connectivity index (χ1n) is 5.77. The van der Waals surface area contributed by atoms with Crippen LogP contribution in [0.1, 0.15) is 20.8 Å². The Bertz CT molecular complexity index is 469. The first-order chi connectivity index (χ1) is 8.78. The van der Waals surface area contributed by atoms with E-state index in [0.29, 0.717) is 5.75 Å². The fourth-order valence-electron chi connectivity index (χ4n) is 1.24. The maximum absolute atomic E-state index is 11.5. The molecule has 0 fully saturated rings. The summed E-state index contributed by atoms with van der Waals surface area (Å²) in [5, 5.41) is 4.84. The van der Waals surface area contributed by atoms with Gasteiger partial charge in [0, 0.05) is 5.54 Å². The monoisotopic (exact) mass is 376 g/mol. The van der Waals surface area contributed by atoms with E-state index in [0.717, 1.165) is 3.57 Å². The molecule has 0 radical (unpaired) electrons. The van der Waals surface area contributed by atoms with Crippen LogP contribution >= 0.6 is 22.6 Å². The fourth-order valence-corrected chi connectivity index (χ4v) is 1.78. The third-order valence-electron chi connectivity index (χ3n) is 1.94. The molecule has 0 aromatic heterocycles. The van der Waals surface area contributed by atoms with Gasteiger partial charge in [0.15, 0.2) is 6.61 Å². The van der Waals surface area contributed by atoms with Gasteiger partial charge in [0.2, 0.25) is 0 Å². The van der Waals surface area contributed by atoms with E-state index in [4.69, 9.17) is 4.74 Å². The van der Waals surface area contributed by atoms with Gasteiger partial charge in [0.1, 0.15) is 5.75 Å². The summed E-state index contributed by atoms with van der Waals surface area (Å²) < 4.78 is 6.24. The van der Waals surface area contributed by atoms with Crippen LogP contribution in [0.5, 0.6) is 5.75 Å². The molecule has 19 heavy (non-hydrogen) atoms. The minimum atomic E-state index is -0.524.